The highest BCUT2D eigenvalue weighted by Crippen LogP contribution is 2.31. The van der Waals surface area contributed by atoms with E-state index in [1.165, 1.54) is 6.20 Å². The molecule has 0 aliphatic carbocycles. The number of aromatic amines is 1. The van der Waals surface area contributed by atoms with Gasteiger partial charge in [0.1, 0.15) is 30.9 Å². The molecule has 1 aliphatic heterocycles. The number of nitrogens with two attached hydrogens (primary N) is 2. The molecule has 58 heavy (non-hydrogen) atoms. The molecular weight excluding hydrogens is 761 g/mol. The van der Waals surface area contributed by atoms with Crippen LogP contribution in [0.3, 0.4) is 0 Å². The first-order chi connectivity index (χ1) is 27.8. The molecule has 0 bridgehead atoms. The molecule has 4 amide bonds. The van der Waals surface area contributed by atoms with Crippen molar-refractivity contribution < 1.29 is 28.7 Å². The molecule has 17 heteroatoms. The topological polar surface area (TPSA) is 233 Å². The molecule has 304 valence electrons. The van der Waals surface area contributed by atoms with Crippen molar-refractivity contribution in [1.29, 1.82) is 0 Å². The lowest BCUT2D eigenvalue weighted by atomic mass is 9.85. The molecule has 0 radical (unpaired) electrons. The van der Waals surface area contributed by atoms with E-state index >= 15 is 0 Å². The number of H-pyrrole nitrogens is 1. The second-order valence-corrected chi connectivity index (χ2v) is 15.8. The van der Waals surface area contributed by atoms with Crippen LogP contribution in [0.25, 0.3) is 21.7 Å². The molecular formula is C41H48N10O6S. The summed E-state index contributed by atoms with van der Waals surface area (Å²) in [4.78, 5) is 63.9. The van der Waals surface area contributed by atoms with Gasteiger partial charge in [0, 0.05) is 42.3 Å². The number of thiazole rings is 1. The number of amides is 4. The Hall–Kier alpha value is -6.33. The Morgan fingerprint density at radius 1 is 1.02 bits per heavy atom. The number of hydrogen-bond acceptors (Lipinski definition) is 12. The Kier molecular flexibility index (Phi) is 13.0. The molecule has 16 nitrogen and oxygen atoms in total. The third-order valence-electron chi connectivity index (χ3n) is 9.61. The summed E-state index contributed by atoms with van der Waals surface area (Å²) in [6.07, 6.45) is 2.73. The molecule has 6 rings (SSSR count). The SMILES string of the molecule is Cc1ncsc1-c1ccc(CNC(=O)C2CCCN2C(=O)C(NC(=O)COCCOc2cc(Nc3n[nH]c(-c4ccc(N)cc4)c3C(N)=O)ccn2)C(C)(C)C)cc1. The van der Waals surface area contributed by atoms with E-state index in [9.17, 15) is 19.2 Å². The number of likely N-dealkylation sites (tertiary alicyclic amines) is 1. The first kappa shape index (κ1) is 41.3. The van der Waals surface area contributed by atoms with Crippen LogP contribution < -0.4 is 32.2 Å². The molecule has 8 N–H and O–H groups in total. The van der Waals surface area contributed by atoms with Crippen molar-refractivity contribution in [1.82, 2.24) is 35.7 Å². The minimum Gasteiger partial charge on any atom is -0.475 e. The van der Waals surface area contributed by atoms with Crippen molar-refractivity contribution in [2.75, 3.05) is 37.4 Å². The summed E-state index contributed by atoms with van der Waals surface area (Å²) in [6.45, 7) is 8.13. The molecule has 4 heterocycles. The van der Waals surface area contributed by atoms with Gasteiger partial charge in [0.2, 0.25) is 23.6 Å². The van der Waals surface area contributed by atoms with Gasteiger partial charge < -0.3 is 41.8 Å². The number of aromatic nitrogens is 4. The number of anilines is 3. The summed E-state index contributed by atoms with van der Waals surface area (Å²) >= 11 is 1.59. The molecule has 2 aromatic carbocycles. The maximum atomic E-state index is 13.9. The van der Waals surface area contributed by atoms with Gasteiger partial charge in [-0.15, -0.1) is 11.3 Å². The highest BCUT2D eigenvalue weighted by molar-refractivity contribution is 7.13. The van der Waals surface area contributed by atoms with Gasteiger partial charge in [0.05, 0.1) is 28.4 Å². The van der Waals surface area contributed by atoms with Crippen LogP contribution in [0.5, 0.6) is 5.88 Å². The third kappa shape index (κ3) is 10.1. The lowest BCUT2D eigenvalue weighted by molar-refractivity contribution is -0.144. The lowest BCUT2D eigenvalue weighted by Gasteiger charge is -2.35. The van der Waals surface area contributed by atoms with E-state index in [-0.39, 0.29) is 48.9 Å². The van der Waals surface area contributed by atoms with Crippen LogP contribution in [-0.4, -0.2) is 87.1 Å². The van der Waals surface area contributed by atoms with Gasteiger partial charge >= 0.3 is 0 Å². The predicted molar refractivity (Wildman–Crippen MR) is 221 cm³/mol. The van der Waals surface area contributed by atoms with Crippen molar-refractivity contribution in [3.63, 3.8) is 0 Å². The maximum absolute atomic E-state index is 13.9. The second-order valence-electron chi connectivity index (χ2n) is 15.0. The van der Waals surface area contributed by atoms with Gasteiger partial charge in [-0.25, -0.2) is 9.97 Å². The minimum atomic E-state index is -0.886. The van der Waals surface area contributed by atoms with Crippen LogP contribution >= 0.6 is 11.3 Å². The predicted octanol–water partition coefficient (Wildman–Crippen LogP) is 4.56. The molecule has 2 unspecified atom stereocenters. The average Bonchev–Trinajstić information content (AvgIpc) is 3.96. The van der Waals surface area contributed by atoms with Crippen LogP contribution in [0, 0.1) is 12.3 Å². The van der Waals surface area contributed by atoms with Crippen LogP contribution in [0.1, 0.15) is 55.2 Å². The fourth-order valence-corrected chi connectivity index (χ4v) is 7.40. The van der Waals surface area contributed by atoms with Crippen molar-refractivity contribution in [2.45, 2.75) is 59.2 Å². The van der Waals surface area contributed by atoms with Gasteiger partial charge in [-0.3, -0.25) is 24.3 Å². The highest BCUT2D eigenvalue weighted by Gasteiger charge is 2.41. The van der Waals surface area contributed by atoms with E-state index in [0.29, 0.717) is 48.6 Å². The normalized spacial score (nSPS) is 14.5. The Balaban J connectivity index is 0.965. The van der Waals surface area contributed by atoms with Crippen molar-refractivity contribution in [2.24, 2.45) is 11.1 Å². The molecule has 5 aromatic rings. The van der Waals surface area contributed by atoms with Crippen molar-refractivity contribution >= 4 is 52.2 Å². The number of aryl methyl sites for hydroxylation is 1. The number of rotatable bonds is 16. The van der Waals surface area contributed by atoms with Gasteiger partial charge in [-0.1, -0.05) is 57.2 Å². The molecule has 1 saturated heterocycles. The largest absolute Gasteiger partial charge is 0.475 e. The van der Waals surface area contributed by atoms with Crippen LogP contribution in [0.2, 0.25) is 0 Å². The number of pyridine rings is 1. The van der Waals surface area contributed by atoms with E-state index in [1.807, 2.05) is 57.5 Å². The highest BCUT2D eigenvalue weighted by atomic mass is 32.1. The number of benzene rings is 2. The van der Waals surface area contributed by atoms with Crippen molar-refractivity contribution in [3.05, 3.63) is 89.2 Å². The standard InChI is InChI=1S/C41H48N10O6S/c1-24-35(58-23-46-24)27-9-7-25(8-10-27)21-45-39(54)30-6-5-17-51(30)40(55)36(41(2,3)4)48-31(52)22-56-18-19-57-32-20-29(15-16-44-32)47-38-33(37(43)53)34(49-50-38)26-11-13-28(42)14-12-26/h7-16,20,23,30,36H,5-6,17-19,21-22,42H2,1-4H3,(H2,43,53)(H,45,54)(H,48,52)(H2,44,47,49,50). The van der Waals surface area contributed by atoms with Crippen LogP contribution in [0.15, 0.2) is 72.4 Å². The minimum absolute atomic E-state index is 0.0546. The van der Waals surface area contributed by atoms with E-state index < -0.39 is 29.3 Å². The molecule has 0 spiro atoms. The summed E-state index contributed by atoms with van der Waals surface area (Å²) in [5.41, 5.74) is 18.1. The first-order valence-corrected chi connectivity index (χ1v) is 19.7. The molecule has 1 aliphatic rings. The summed E-state index contributed by atoms with van der Waals surface area (Å²) in [5.74, 6) is -1.21. The van der Waals surface area contributed by atoms with Gasteiger partial charge in [-0.2, -0.15) is 5.10 Å². The lowest BCUT2D eigenvalue weighted by Crippen LogP contribution is -2.58. The van der Waals surface area contributed by atoms with E-state index in [0.717, 1.165) is 21.7 Å². The number of carbonyl (C=O) groups is 4. The summed E-state index contributed by atoms with van der Waals surface area (Å²) < 4.78 is 11.3. The van der Waals surface area contributed by atoms with Gasteiger partial charge in [0.15, 0.2) is 5.82 Å². The number of carbonyl (C=O) groups excluding carboxylic acids is 4. The van der Waals surface area contributed by atoms with E-state index in [4.69, 9.17) is 20.9 Å². The van der Waals surface area contributed by atoms with Crippen LogP contribution in [-0.2, 0) is 25.7 Å². The monoisotopic (exact) mass is 808 g/mol. The summed E-state index contributed by atoms with van der Waals surface area (Å²) in [6, 6.07) is 16.7. The van der Waals surface area contributed by atoms with E-state index in [1.54, 1.807) is 52.6 Å². The Morgan fingerprint density at radius 3 is 2.45 bits per heavy atom. The number of nitrogens with one attached hydrogen (secondary N) is 4. The number of primary amides is 1. The Bertz CT molecular complexity index is 2230. The zero-order chi connectivity index (χ0) is 41.4. The number of nitrogens with zero attached hydrogens (tertiary/aromatic N) is 4. The molecule has 0 saturated carbocycles. The van der Waals surface area contributed by atoms with Gasteiger partial charge in [-0.05, 0) is 54.5 Å². The van der Waals surface area contributed by atoms with E-state index in [2.05, 4.69) is 36.1 Å². The zero-order valence-electron chi connectivity index (χ0n) is 32.8. The Labute approximate surface area is 340 Å². The van der Waals surface area contributed by atoms with Gasteiger partial charge in [0.25, 0.3) is 5.91 Å². The smallest absolute Gasteiger partial charge is 0.254 e. The number of hydrogen-bond donors (Lipinski definition) is 6. The van der Waals surface area contributed by atoms with Crippen LogP contribution in [0.4, 0.5) is 17.2 Å². The summed E-state index contributed by atoms with van der Waals surface area (Å²) in [7, 11) is 0. The fourth-order valence-electron chi connectivity index (χ4n) is 6.58. The summed E-state index contributed by atoms with van der Waals surface area (Å²) in [5, 5.41) is 16.0. The number of ether oxygens (including phenoxy) is 2. The third-order valence-corrected chi connectivity index (χ3v) is 10.6. The Morgan fingerprint density at radius 2 is 1.76 bits per heavy atom. The average molecular weight is 809 g/mol. The molecule has 2 atom stereocenters. The molecule has 1 fully saturated rings. The zero-order valence-corrected chi connectivity index (χ0v) is 33.7. The maximum Gasteiger partial charge on any atom is 0.254 e. The number of nitrogen functional groups attached to an aromatic ring is 1. The quantitative estimate of drug-likeness (QED) is 0.0598. The molecule has 3 aromatic heterocycles. The fraction of sp³-hybridized carbons (Fsp3) is 0.341. The second kappa shape index (κ2) is 18.3. The first-order valence-electron chi connectivity index (χ1n) is 18.8. The van der Waals surface area contributed by atoms with Crippen molar-refractivity contribution in [3.8, 4) is 27.6 Å².